The number of hydrogen-bond acceptors (Lipinski definition) is 3. The minimum Gasteiger partial charge on any atom is -0.466 e. The molecule has 0 aliphatic rings. The standard InChI is InChI=1S/C14H13FN2O2/c1-9-6-13(10(2)19-9)14(18)17-16-8-11-4-3-5-12(15)7-11/h3-8H,1-2H3,(H,17,18)/b16-8+. The van der Waals surface area contributed by atoms with Crippen molar-refractivity contribution in [2.45, 2.75) is 13.8 Å². The number of carbonyl (C=O) groups excluding carboxylic acids is 1. The predicted octanol–water partition coefficient (Wildman–Crippen LogP) is 2.80. The average Bonchev–Trinajstić information content (AvgIpc) is 2.68. The zero-order valence-corrected chi connectivity index (χ0v) is 10.6. The summed E-state index contributed by atoms with van der Waals surface area (Å²) in [5.41, 5.74) is 3.38. The van der Waals surface area contributed by atoms with Crippen LogP contribution in [0.4, 0.5) is 4.39 Å². The van der Waals surface area contributed by atoms with Crippen LogP contribution in [0.1, 0.15) is 27.4 Å². The molecule has 1 heterocycles. The van der Waals surface area contributed by atoms with Gasteiger partial charge in [-0.15, -0.1) is 0 Å². The SMILES string of the molecule is Cc1cc(C(=O)N/N=C/c2cccc(F)c2)c(C)o1. The van der Waals surface area contributed by atoms with Crippen LogP contribution >= 0.6 is 0 Å². The second-order valence-electron chi connectivity index (χ2n) is 4.08. The van der Waals surface area contributed by atoms with E-state index < -0.39 is 0 Å². The smallest absolute Gasteiger partial charge is 0.274 e. The summed E-state index contributed by atoms with van der Waals surface area (Å²) in [7, 11) is 0. The van der Waals surface area contributed by atoms with Crippen molar-refractivity contribution in [3.8, 4) is 0 Å². The lowest BCUT2D eigenvalue weighted by molar-refractivity contribution is 0.0953. The molecular weight excluding hydrogens is 247 g/mol. The first-order valence-corrected chi connectivity index (χ1v) is 5.72. The number of amides is 1. The van der Waals surface area contributed by atoms with Crippen LogP contribution in [0.25, 0.3) is 0 Å². The van der Waals surface area contributed by atoms with Gasteiger partial charge in [0, 0.05) is 0 Å². The van der Waals surface area contributed by atoms with Gasteiger partial charge in [0.2, 0.25) is 0 Å². The number of nitrogens with one attached hydrogen (secondary N) is 1. The van der Waals surface area contributed by atoms with E-state index in [1.807, 2.05) is 0 Å². The van der Waals surface area contributed by atoms with Crippen molar-refractivity contribution in [1.29, 1.82) is 0 Å². The van der Waals surface area contributed by atoms with Gasteiger partial charge in [0.05, 0.1) is 11.8 Å². The molecule has 0 saturated heterocycles. The highest BCUT2D eigenvalue weighted by Crippen LogP contribution is 2.13. The largest absolute Gasteiger partial charge is 0.466 e. The Hall–Kier alpha value is -2.43. The molecule has 0 saturated carbocycles. The summed E-state index contributed by atoms with van der Waals surface area (Å²) in [5.74, 6) is 0.492. The fraction of sp³-hybridized carbons (Fsp3) is 0.143. The summed E-state index contributed by atoms with van der Waals surface area (Å²) in [4.78, 5) is 11.8. The molecule has 0 radical (unpaired) electrons. The van der Waals surface area contributed by atoms with Crippen molar-refractivity contribution >= 4 is 12.1 Å². The third-order valence-corrected chi connectivity index (χ3v) is 2.51. The average molecular weight is 260 g/mol. The van der Waals surface area contributed by atoms with Crippen LogP contribution in [-0.2, 0) is 0 Å². The lowest BCUT2D eigenvalue weighted by Gasteiger charge is -1.97. The number of hydrazone groups is 1. The summed E-state index contributed by atoms with van der Waals surface area (Å²) in [6, 6.07) is 7.56. The van der Waals surface area contributed by atoms with Gasteiger partial charge in [0.1, 0.15) is 17.3 Å². The third-order valence-electron chi connectivity index (χ3n) is 2.51. The molecule has 1 aromatic carbocycles. The second-order valence-corrected chi connectivity index (χ2v) is 4.08. The Kier molecular flexibility index (Phi) is 3.75. The Bertz CT molecular complexity index is 632. The Morgan fingerprint density at radius 1 is 1.37 bits per heavy atom. The molecule has 5 heteroatoms. The van der Waals surface area contributed by atoms with Crippen LogP contribution in [-0.4, -0.2) is 12.1 Å². The van der Waals surface area contributed by atoms with Gasteiger partial charge in [0.15, 0.2) is 0 Å². The molecule has 0 aliphatic heterocycles. The second kappa shape index (κ2) is 5.48. The first kappa shape index (κ1) is 13.0. The van der Waals surface area contributed by atoms with Crippen molar-refractivity contribution in [1.82, 2.24) is 5.43 Å². The fourth-order valence-electron chi connectivity index (χ4n) is 1.67. The zero-order valence-electron chi connectivity index (χ0n) is 10.6. The van der Waals surface area contributed by atoms with Gasteiger partial charge in [-0.25, -0.2) is 9.82 Å². The maximum Gasteiger partial charge on any atom is 0.274 e. The lowest BCUT2D eigenvalue weighted by atomic mass is 10.2. The molecule has 1 N–H and O–H groups in total. The first-order chi connectivity index (χ1) is 9.06. The molecule has 0 fully saturated rings. The molecule has 19 heavy (non-hydrogen) atoms. The molecule has 2 rings (SSSR count). The number of carbonyl (C=O) groups is 1. The summed E-state index contributed by atoms with van der Waals surface area (Å²) in [5, 5.41) is 3.78. The van der Waals surface area contributed by atoms with Crippen molar-refractivity contribution in [2.24, 2.45) is 5.10 Å². The summed E-state index contributed by atoms with van der Waals surface area (Å²) < 4.78 is 18.2. The topological polar surface area (TPSA) is 54.6 Å². The van der Waals surface area contributed by atoms with E-state index in [4.69, 9.17) is 4.42 Å². The number of furan rings is 1. The third kappa shape index (κ3) is 3.28. The molecule has 2 aromatic rings. The van der Waals surface area contributed by atoms with E-state index in [-0.39, 0.29) is 11.7 Å². The molecule has 1 aromatic heterocycles. The highest BCUT2D eigenvalue weighted by molar-refractivity contribution is 5.95. The Balaban J connectivity index is 2.03. The van der Waals surface area contributed by atoms with E-state index in [1.165, 1.54) is 18.3 Å². The summed E-state index contributed by atoms with van der Waals surface area (Å²) in [6.45, 7) is 3.47. The highest BCUT2D eigenvalue weighted by Gasteiger charge is 2.12. The Morgan fingerprint density at radius 2 is 2.16 bits per heavy atom. The number of hydrogen-bond donors (Lipinski definition) is 1. The molecular formula is C14H13FN2O2. The van der Waals surface area contributed by atoms with Crippen molar-refractivity contribution in [3.63, 3.8) is 0 Å². The van der Waals surface area contributed by atoms with Crippen LogP contribution in [0, 0.1) is 19.7 Å². The maximum absolute atomic E-state index is 12.9. The molecule has 0 spiro atoms. The van der Waals surface area contributed by atoms with E-state index >= 15 is 0 Å². The monoisotopic (exact) mass is 260 g/mol. The van der Waals surface area contributed by atoms with Crippen LogP contribution < -0.4 is 5.43 Å². The number of nitrogens with zero attached hydrogens (tertiary/aromatic N) is 1. The van der Waals surface area contributed by atoms with Crippen LogP contribution in [0.5, 0.6) is 0 Å². The van der Waals surface area contributed by atoms with Crippen molar-refractivity contribution in [3.05, 3.63) is 58.8 Å². The summed E-state index contributed by atoms with van der Waals surface area (Å²) >= 11 is 0. The zero-order chi connectivity index (χ0) is 13.8. The van der Waals surface area contributed by atoms with Crippen LogP contribution in [0.3, 0.4) is 0 Å². The van der Waals surface area contributed by atoms with Crippen molar-refractivity contribution in [2.75, 3.05) is 0 Å². The molecule has 0 atom stereocenters. The molecule has 1 amide bonds. The van der Waals surface area contributed by atoms with Crippen molar-refractivity contribution < 1.29 is 13.6 Å². The lowest BCUT2D eigenvalue weighted by Crippen LogP contribution is -2.17. The minimum absolute atomic E-state index is 0.350. The van der Waals surface area contributed by atoms with Gasteiger partial charge >= 0.3 is 0 Å². The quantitative estimate of drug-likeness (QED) is 0.681. The number of aryl methyl sites for hydroxylation is 2. The van der Waals surface area contributed by atoms with Crippen LogP contribution in [0.2, 0.25) is 0 Å². The van der Waals surface area contributed by atoms with E-state index in [0.29, 0.717) is 22.6 Å². The summed E-state index contributed by atoms with van der Waals surface area (Å²) in [6.07, 6.45) is 1.38. The predicted molar refractivity (Wildman–Crippen MR) is 69.6 cm³/mol. The maximum atomic E-state index is 12.9. The van der Waals surface area contributed by atoms with Gasteiger partial charge < -0.3 is 4.42 Å². The van der Waals surface area contributed by atoms with Gasteiger partial charge in [-0.1, -0.05) is 12.1 Å². The number of rotatable bonds is 3. The number of halogens is 1. The highest BCUT2D eigenvalue weighted by atomic mass is 19.1. The molecule has 0 unspecified atom stereocenters. The van der Waals surface area contributed by atoms with E-state index in [1.54, 1.807) is 32.0 Å². The van der Waals surface area contributed by atoms with E-state index in [2.05, 4.69) is 10.5 Å². The normalized spacial score (nSPS) is 10.9. The Morgan fingerprint density at radius 3 is 2.79 bits per heavy atom. The molecule has 0 bridgehead atoms. The van der Waals surface area contributed by atoms with Gasteiger partial charge in [-0.2, -0.15) is 5.10 Å². The first-order valence-electron chi connectivity index (χ1n) is 5.72. The van der Waals surface area contributed by atoms with Gasteiger partial charge in [-0.3, -0.25) is 4.79 Å². The number of benzene rings is 1. The van der Waals surface area contributed by atoms with E-state index in [9.17, 15) is 9.18 Å². The Labute approximate surface area is 109 Å². The fourth-order valence-corrected chi connectivity index (χ4v) is 1.67. The molecule has 4 nitrogen and oxygen atoms in total. The minimum atomic E-state index is -0.359. The van der Waals surface area contributed by atoms with E-state index in [0.717, 1.165) is 0 Å². The van der Waals surface area contributed by atoms with Gasteiger partial charge in [-0.05, 0) is 37.6 Å². The van der Waals surface area contributed by atoms with Crippen LogP contribution in [0.15, 0.2) is 39.9 Å². The van der Waals surface area contributed by atoms with Gasteiger partial charge in [0.25, 0.3) is 5.91 Å². The molecule has 98 valence electrons. The molecule has 0 aliphatic carbocycles.